The molecule has 3 aromatic rings. The number of halogens is 1. The van der Waals surface area contributed by atoms with E-state index in [2.05, 4.69) is 40.8 Å². The lowest BCUT2D eigenvalue weighted by Crippen LogP contribution is -2.35. The number of rotatable bonds is 8. The van der Waals surface area contributed by atoms with Gasteiger partial charge in [-0.25, -0.2) is 0 Å². The molecule has 1 aliphatic carbocycles. The number of ether oxygens (including phenoxy) is 2. The molecule has 2 N–H and O–H groups in total. The fourth-order valence-corrected chi connectivity index (χ4v) is 7.35. The van der Waals surface area contributed by atoms with Gasteiger partial charge in [0.15, 0.2) is 11.5 Å². The summed E-state index contributed by atoms with van der Waals surface area (Å²) in [5, 5.41) is 20.7. The predicted molar refractivity (Wildman–Crippen MR) is 169 cm³/mol. The summed E-state index contributed by atoms with van der Waals surface area (Å²) in [6.45, 7) is 0.193. The second-order valence-electron chi connectivity index (χ2n) is 11.0. The van der Waals surface area contributed by atoms with Crippen molar-refractivity contribution in [1.82, 2.24) is 0 Å². The number of para-hydroxylation sites is 1. The van der Waals surface area contributed by atoms with Crippen molar-refractivity contribution in [3.8, 4) is 11.5 Å². The average Bonchev–Trinajstić information content (AvgIpc) is 3.55. The molecule has 2 fully saturated rings. The zero-order valence-corrected chi connectivity index (χ0v) is 25.4. The number of imide groups is 1. The Morgan fingerprint density at radius 1 is 1.05 bits per heavy atom. The summed E-state index contributed by atoms with van der Waals surface area (Å²) in [6, 6.07) is 22.9. The van der Waals surface area contributed by atoms with E-state index < -0.39 is 11.8 Å². The summed E-state index contributed by atoms with van der Waals surface area (Å²) in [5.74, 6) is -1.04. The number of aromatic hydroxyl groups is 1. The summed E-state index contributed by atoms with van der Waals surface area (Å²) in [4.78, 5) is 28.4. The minimum atomic E-state index is -0.484. The van der Waals surface area contributed by atoms with Gasteiger partial charge in [0.25, 0.3) is 0 Å². The lowest BCUT2D eigenvalue weighted by atomic mass is 9.69. The van der Waals surface area contributed by atoms with Crippen LogP contribution < -0.4 is 9.64 Å². The third kappa shape index (κ3) is 5.16. The van der Waals surface area contributed by atoms with E-state index in [0.29, 0.717) is 40.9 Å². The van der Waals surface area contributed by atoms with E-state index in [1.807, 2.05) is 48.5 Å². The van der Waals surface area contributed by atoms with Gasteiger partial charge in [-0.3, -0.25) is 14.5 Å². The van der Waals surface area contributed by atoms with Crippen LogP contribution in [0.2, 0.25) is 0 Å². The van der Waals surface area contributed by atoms with Crippen molar-refractivity contribution in [2.75, 3.05) is 25.2 Å². The van der Waals surface area contributed by atoms with Crippen molar-refractivity contribution in [3.05, 3.63) is 98.6 Å². The zero-order chi connectivity index (χ0) is 29.4. The predicted octanol–water partition coefficient (Wildman–Crippen LogP) is 5.84. The van der Waals surface area contributed by atoms with Gasteiger partial charge in [0.2, 0.25) is 11.8 Å². The first-order valence-corrected chi connectivity index (χ1v) is 15.2. The third-order valence-electron chi connectivity index (χ3n) is 8.65. The van der Waals surface area contributed by atoms with E-state index in [9.17, 15) is 19.8 Å². The molecule has 8 heteroatoms. The van der Waals surface area contributed by atoms with Crippen LogP contribution in [0.1, 0.15) is 30.4 Å². The molecule has 0 unspecified atom stereocenters. The van der Waals surface area contributed by atoms with Gasteiger partial charge in [-0.2, -0.15) is 0 Å². The first-order chi connectivity index (χ1) is 20.4. The van der Waals surface area contributed by atoms with E-state index >= 15 is 0 Å². The van der Waals surface area contributed by atoms with E-state index in [4.69, 9.17) is 9.47 Å². The topological polar surface area (TPSA) is 96.3 Å². The highest BCUT2D eigenvalue weighted by molar-refractivity contribution is 14.1. The lowest BCUT2D eigenvalue weighted by molar-refractivity contribution is -0.122. The van der Waals surface area contributed by atoms with Crippen molar-refractivity contribution in [3.63, 3.8) is 0 Å². The van der Waals surface area contributed by atoms with Crippen LogP contribution in [0.25, 0.3) is 11.6 Å². The van der Waals surface area contributed by atoms with Crippen molar-refractivity contribution >= 4 is 51.7 Å². The minimum absolute atomic E-state index is 0.117. The Morgan fingerprint density at radius 3 is 2.45 bits per heavy atom. The molecule has 3 aromatic carbocycles. The number of phenolic OH excluding ortho intramolecular Hbond substituents is 1. The maximum absolute atomic E-state index is 13.7. The fourth-order valence-electron chi connectivity index (χ4n) is 6.72. The van der Waals surface area contributed by atoms with Crippen LogP contribution in [0, 0.1) is 21.3 Å². The minimum Gasteiger partial charge on any atom is -0.504 e. The van der Waals surface area contributed by atoms with Crippen LogP contribution in [0.5, 0.6) is 11.5 Å². The Labute approximate surface area is 258 Å². The number of anilines is 1. The van der Waals surface area contributed by atoms with Crippen molar-refractivity contribution in [1.29, 1.82) is 0 Å². The molecule has 4 atom stereocenters. The highest BCUT2D eigenvalue weighted by Crippen LogP contribution is 2.50. The normalized spacial score (nSPS) is 23.8. The van der Waals surface area contributed by atoms with Gasteiger partial charge >= 0.3 is 0 Å². The van der Waals surface area contributed by atoms with Gasteiger partial charge in [0, 0.05) is 5.92 Å². The number of allylic oxidation sites excluding steroid dienone is 1. The second kappa shape index (κ2) is 12.0. The van der Waals surface area contributed by atoms with Gasteiger partial charge in [-0.15, -0.1) is 0 Å². The first-order valence-electron chi connectivity index (χ1n) is 14.1. The number of hydrogen-bond donors (Lipinski definition) is 2. The molecular formula is C34H32INO6. The number of carbonyl (C=O) groups is 2. The van der Waals surface area contributed by atoms with E-state index in [0.717, 1.165) is 27.8 Å². The highest BCUT2D eigenvalue weighted by Gasteiger charge is 2.57. The van der Waals surface area contributed by atoms with Gasteiger partial charge < -0.3 is 19.7 Å². The molecule has 0 bridgehead atoms. The van der Waals surface area contributed by atoms with E-state index in [-0.39, 0.29) is 36.2 Å². The number of phenols is 1. The molecule has 2 amide bonds. The van der Waals surface area contributed by atoms with Crippen LogP contribution in [0.15, 0.2) is 83.9 Å². The van der Waals surface area contributed by atoms with Crippen molar-refractivity contribution in [2.24, 2.45) is 17.8 Å². The highest BCUT2D eigenvalue weighted by atomic mass is 127. The van der Waals surface area contributed by atoms with Crippen molar-refractivity contribution < 1.29 is 29.3 Å². The molecule has 2 aliphatic heterocycles. The molecule has 42 heavy (non-hydrogen) atoms. The van der Waals surface area contributed by atoms with E-state index in [1.54, 1.807) is 12.1 Å². The molecule has 0 spiro atoms. The number of aliphatic hydroxyl groups excluding tert-OH is 1. The number of methoxy groups -OCH3 is 1. The largest absolute Gasteiger partial charge is 0.504 e. The summed E-state index contributed by atoms with van der Waals surface area (Å²) >= 11 is 2.10. The Balaban J connectivity index is 1.28. The number of benzene rings is 3. The Kier molecular flexibility index (Phi) is 8.20. The number of carbonyl (C=O) groups excluding carboxylic acids is 2. The molecule has 3 aliphatic rings. The van der Waals surface area contributed by atoms with Crippen LogP contribution in [-0.2, 0) is 14.3 Å². The molecule has 216 valence electrons. The number of aliphatic hydroxyl groups is 1. The molecule has 6 rings (SSSR count). The number of hydrogen-bond acceptors (Lipinski definition) is 6. The first kappa shape index (κ1) is 28.6. The summed E-state index contributed by atoms with van der Waals surface area (Å²) in [7, 11) is 1.54. The lowest BCUT2D eigenvalue weighted by Gasteiger charge is -2.31. The summed E-state index contributed by atoms with van der Waals surface area (Å²) < 4.78 is 12.4. The Morgan fingerprint density at radius 2 is 1.76 bits per heavy atom. The Hall–Kier alpha value is -3.47. The Bertz CT molecular complexity index is 1570. The standard InChI is InChI=1S/C34H32INO6/c1-41-29-16-20(15-27(35)32(29)38)14-22(21-8-4-2-5-9-21)12-13-28-30-23(18-37)17-25-31(26(30)19-42-28)34(40)36(33(25)39)24-10-6-3-7-11-24/h2-11,14-16,25-26,28,31,37-38H,12-13,17-19H2,1H3/b22-14-/t25-,26+,28-,31-/m1/s1. The molecular weight excluding hydrogens is 645 g/mol. The zero-order valence-electron chi connectivity index (χ0n) is 23.2. The SMILES string of the molecule is COc1cc(/C=C(/CC[C@H]2OC[C@H]3C2=C(CO)C[C@H]2C(=O)N(c4ccccc4)C(=O)[C@H]23)c2ccccc2)cc(I)c1O. The number of nitrogens with zero attached hydrogens (tertiary/aromatic N) is 1. The molecule has 0 radical (unpaired) electrons. The van der Waals surface area contributed by atoms with Crippen LogP contribution in [0.3, 0.4) is 0 Å². The fraction of sp³-hybridized carbons (Fsp3) is 0.294. The maximum atomic E-state index is 13.7. The maximum Gasteiger partial charge on any atom is 0.238 e. The average molecular weight is 678 g/mol. The van der Waals surface area contributed by atoms with Crippen molar-refractivity contribution in [2.45, 2.75) is 25.4 Å². The molecule has 2 heterocycles. The second-order valence-corrected chi connectivity index (χ2v) is 12.1. The van der Waals surface area contributed by atoms with Gasteiger partial charge in [0.05, 0.1) is 47.5 Å². The van der Waals surface area contributed by atoms with Gasteiger partial charge in [-0.05, 0) is 94.0 Å². The molecule has 7 nitrogen and oxygen atoms in total. The molecule has 0 aromatic heterocycles. The monoisotopic (exact) mass is 677 g/mol. The number of amides is 2. The number of fused-ring (bicyclic) bond motifs is 3. The quantitative estimate of drug-likeness (QED) is 0.135. The third-order valence-corrected chi connectivity index (χ3v) is 9.47. The van der Waals surface area contributed by atoms with Gasteiger partial charge in [0.1, 0.15) is 0 Å². The smallest absolute Gasteiger partial charge is 0.238 e. The summed E-state index contributed by atoms with van der Waals surface area (Å²) in [5.41, 5.74) is 5.47. The molecule has 2 saturated heterocycles. The summed E-state index contributed by atoms with van der Waals surface area (Å²) in [6.07, 6.45) is 3.55. The van der Waals surface area contributed by atoms with Crippen LogP contribution in [0.4, 0.5) is 5.69 Å². The molecule has 0 saturated carbocycles. The van der Waals surface area contributed by atoms with E-state index in [1.165, 1.54) is 12.0 Å². The van der Waals surface area contributed by atoms with Crippen LogP contribution in [-0.4, -0.2) is 48.5 Å². The van der Waals surface area contributed by atoms with Crippen LogP contribution >= 0.6 is 22.6 Å². The van der Waals surface area contributed by atoms with Gasteiger partial charge in [-0.1, -0.05) is 54.6 Å².